The Labute approximate surface area is 391 Å². The first-order valence-electron chi connectivity index (χ1n) is 23.9. The summed E-state index contributed by atoms with van der Waals surface area (Å²) in [4.78, 5) is 55.3. The fourth-order valence-electron chi connectivity index (χ4n) is 9.19. The Balaban J connectivity index is 1.01. The molecule has 2 saturated carbocycles. The van der Waals surface area contributed by atoms with Crippen molar-refractivity contribution in [3.05, 3.63) is 94.3 Å². The molecule has 0 unspecified atom stereocenters. The van der Waals surface area contributed by atoms with Crippen LogP contribution in [-0.2, 0) is 20.4 Å². The van der Waals surface area contributed by atoms with Gasteiger partial charge in [0.05, 0.1) is 17.3 Å². The third-order valence-electron chi connectivity index (χ3n) is 13.8. The fraction of sp³-hybridized carbons (Fsp3) is 0.538. The second kappa shape index (κ2) is 21.6. The number of hydrogen-bond donors (Lipinski definition) is 6. The summed E-state index contributed by atoms with van der Waals surface area (Å²) < 4.78 is 12.4. The second-order valence-electron chi connectivity index (χ2n) is 20.9. The van der Waals surface area contributed by atoms with Gasteiger partial charge in [-0.3, -0.25) is 14.5 Å². The molecule has 13 nitrogen and oxygen atoms in total. The first kappa shape index (κ1) is 50.2. The van der Waals surface area contributed by atoms with Crippen LogP contribution in [0.1, 0.15) is 117 Å². The van der Waals surface area contributed by atoms with E-state index in [0.29, 0.717) is 68.7 Å². The molecule has 3 amide bonds. The molecule has 1 atom stereocenters. The number of alkyl carbamates (subject to hydrolysis) is 1. The fourth-order valence-corrected chi connectivity index (χ4v) is 10.5. The maximum absolute atomic E-state index is 13.4. The van der Waals surface area contributed by atoms with Crippen molar-refractivity contribution in [3.63, 3.8) is 0 Å². The lowest BCUT2D eigenvalue weighted by atomic mass is 9.81. The first-order chi connectivity index (χ1) is 31.2. The van der Waals surface area contributed by atoms with E-state index in [4.69, 9.17) is 9.16 Å². The van der Waals surface area contributed by atoms with Gasteiger partial charge in [-0.05, 0) is 150 Å². The predicted octanol–water partition coefficient (Wildman–Crippen LogP) is 10.4. The number of amides is 3. The largest absolute Gasteiger partial charge is 0.506 e. The molecule has 14 heteroatoms. The maximum atomic E-state index is 13.4. The molecular weight excluding hydrogens is 851 g/mol. The SMILES string of the molecule is CC(C)(C)OC(=O)N[C@H]1CC[C@H](N(C(=O)O)c2cc(CCCNC(=O)[C@H]3CC[C@H](CNC[C@H](O[Si](C)(C)C(C)(C)C)c4ccc(O)c5[nH]c(=O)ccc45)CC3)ccc2-c2ccccc2)CC1. The lowest BCUT2D eigenvalue weighted by Gasteiger charge is -2.40. The van der Waals surface area contributed by atoms with E-state index in [0.717, 1.165) is 59.9 Å². The number of carbonyl (C=O) groups excluding carboxylic acids is 2. The quantitative estimate of drug-likeness (QED) is 0.0471. The summed E-state index contributed by atoms with van der Waals surface area (Å²) in [6.45, 7) is 18.5. The van der Waals surface area contributed by atoms with Crippen LogP contribution >= 0.6 is 0 Å². The smallest absolute Gasteiger partial charge is 0.412 e. The monoisotopic (exact) mass is 924 g/mol. The standard InChI is InChI=1S/C52H73N5O8Si/c1-51(2,3)64-49(61)55-38-21-23-39(24-22-38)57(50(62)63)43-31-34(18-25-40(43)36-14-10-9-11-15-36)13-12-30-54-48(60)37-19-16-35(17-20-37)32-53-33-45(65-66(7,8)52(4,5)6)41-26-28-44(58)47-42(41)27-29-46(59)56-47/h9-11,14-15,18,25-29,31,35,37-39,45,53,58H,12-13,16-17,19-24,30,32-33H2,1-8H3,(H,54,60)(H,55,61)(H,56,59)(H,62,63)/t35-,37-,38-,39-,45-/m0/s1. The van der Waals surface area contributed by atoms with Crippen LogP contribution in [0.15, 0.2) is 77.6 Å². The number of nitrogens with one attached hydrogen (secondary N) is 4. The van der Waals surface area contributed by atoms with Crippen molar-refractivity contribution in [2.24, 2.45) is 11.8 Å². The minimum Gasteiger partial charge on any atom is -0.506 e. The molecule has 0 radical (unpaired) electrons. The maximum Gasteiger partial charge on any atom is 0.412 e. The van der Waals surface area contributed by atoms with Crippen LogP contribution in [0.25, 0.3) is 22.0 Å². The molecule has 0 aliphatic heterocycles. The van der Waals surface area contributed by atoms with Crippen molar-refractivity contribution >= 4 is 43.0 Å². The number of phenolic OH excluding ortho intramolecular Hbond substituents is 1. The topological polar surface area (TPSA) is 182 Å². The Morgan fingerprint density at radius 1 is 0.879 bits per heavy atom. The zero-order valence-electron chi connectivity index (χ0n) is 40.3. The van der Waals surface area contributed by atoms with Gasteiger partial charge in [0.15, 0.2) is 8.32 Å². The molecule has 1 aromatic heterocycles. The van der Waals surface area contributed by atoms with Crippen molar-refractivity contribution in [3.8, 4) is 16.9 Å². The molecule has 0 spiro atoms. The Hall–Kier alpha value is -5.18. The van der Waals surface area contributed by atoms with Crippen LogP contribution in [0.5, 0.6) is 5.75 Å². The van der Waals surface area contributed by atoms with Crippen molar-refractivity contribution < 1.29 is 33.8 Å². The van der Waals surface area contributed by atoms with E-state index in [1.165, 1.54) is 11.0 Å². The molecule has 3 aromatic carbocycles. The number of hydrogen-bond acceptors (Lipinski definition) is 8. The van der Waals surface area contributed by atoms with Gasteiger partial charge >= 0.3 is 12.2 Å². The van der Waals surface area contributed by atoms with Gasteiger partial charge in [0, 0.05) is 48.1 Å². The molecule has 66 heavy (non-hydrogen) atoms. The van der Waals surface area contributed by atoms with E-state index < -0.39 is 26.1 Å². The Morgan fingerprint density at radius 3 is 2.23 bits per heavy atom. The lowest BCUT2D eigenvalue weighted by Crippen LogP contribution is -2.47. The molecule has 2 fully saturated rings. The molecule has 6 rings (SSSR count). The normalized spacial score (nSPS) is 19.8. The van der Waals surface area contributed by atoms with E-state index in [1.807, 2.05) is 69.3 Å². The van der Waals surface area contributed by atoms with E-state index in [9.17, 15) is 29.4 Å². The van der Waals surface area contributed by atoms with Gasteiger partial charge in [-0.1, -0.05) is 69.3 Å². The highest BCUT2D eigenvalue weighted by Gasteiger charge is 2.40. The van der Waals surface area contributed by atoms with E-state index in [-0.39, 0.29) is 46.4 Å². The van der Waals surface area contributed by atoms with Crippen LogP contribution in [0.4, 0.5) is 15.3 Å². The molecule has 0 saturated heterocycles. The average Bonchev–Trinajstić information content (AvgIpc) is 3.25. The molecular formula is C52H73N5O8Si. The van der Waals surface area contributed by atoms with Gasteiger partial charge in [0.25, 0.3) is 0 Å². The van der Waals surface area contributed by atoms with Crippen LogP contribution in [0.2, 0.25) is 18.1 Å². The molecule has 0 bridgehead atoms. The minimum atomic E-state index is -2.21. The molecule has 1 heterocycles. The first-order valence-corrected chi connectivity index (χ1v) is 26.8. The van der Waals surface area contributed by atoms with Crippen LogP contribution < -0.4 is 26.4 Å². The van der Waals surface area contributed by atoms with E-state index >= 15 is 0 Å². The molecule has 358 valence electrons. The summed E-state index contributed by atoms with van der Waals surface area (Å²) in [5.41, 5.74) is 3.90. The van der Waals surface area contributed by atoms with Crippen molar-refractivity contribution in [1.82, 2.24) is 20.9 Å². The number of carbonyl (C=O) groups is 3. The zero-order chi connectivity index (χ0) is 47.8. The van der Waals surface area contributed by atoms with Crippen LogP contribution in [-0.4, -0.2) is 78.9 Å². The molecule has 6 N–H and O–H groups in total. The highest BCUT2D eigenvalue weighted by molar-refractivity contribution is 6.74. The highest BCUT2D eigenvalue weighted by Crippen LogP contribution is 2.42. The number of benzene rings is 3. The van der Waals surface area contributed by atoms with Crippen molar-refractivity contribution in [1.29, 1.82) is 0 Å². The number of aromatic amines is 1. The number of ether oxygens (including phenoxy) is 1. The zero-order valence-corrected chi connectivity index (χ0v) is 41.3. The summed E-state index contributed by atoms with van der Waals surface area (Å²) in [5.74, 6) is 0.520. The van der Waals surface area contributed by atoms with Gasteiger partial charge in [0.1, 0.15) is 11.4 Å². The number of anilines is 1. The minimum absolute atomic E-state index is 0.0150. The summed E-state index contributed by atoms with van der Waals surface area (Å²) in [7, 11) is -2.21. The number of aromatic nitrogens is 1. The van der Waals surface area contributed by atoms with Crippen molar-refractivity contribution in [2.75, 3.05) is 24.5 Å². The summed E-state index contributed by atoms with van der Waals surface area (Å²) in [5, 5.41) is 31.8. The van der Waals surface area contributed by atoms with Gasteiger partial charge in [-0.2, -0.15) is 0 Å². The number of pyridine rings is 1. The van der Waals surface area contributed by atoms with Crippen LogP contribution in [0.3, 0.4) is 0 Å². The number of rotatable bonds is 16. The third kappa shape index (κ3) is 13.2. The highest BCUT2D eigenvalue weighted by atomic mass is 28.4. The van der Waals surface area contributed by atoms with Gasteiger partial charge in [-0.25, -0.2) is 9.59 Å². The Morgan fingerprint density at radius 2 is 1.58 bits per heavy atom. The number of H-pyrrole nitrogens is 1. The summed E-state index contributed by atoms with van der Waals surface area (Å²) in [6.07, 6.45) is 5.69. The number of phenols is 1. The number of aromatic hydroxyl groups is 1. The predicted molar refractivity (Wildman–Crippen MR) is 265 cm³/mol. The number of aryl methyl sites for hydroxylation is 1. The number of carboxylic acid groups (broad SMARTS) is 1. The van der Waals surface area contributed by atoms with E-state index in [2.05, 4.69) is 60.9 Å². The van der Waals surface area contributed by atoms with Gasteiger partial charge in [-0.15, -0.1) is 0 Å². The molecule has 2 aliphatic carbocycles. The average molecular weight is 924 g/mol. The second-order valence-corrected chi connectivity index (χ2v) is 25.7. The Bertz CT molecular complexity index is 2340. The van der Waals surface area contributed by atoms with E-state index in [1.54, 1.807) is 12.1 Å². The third-order valence-corrected chi connectivity index (χ3v) is 18.3. The summed E-state index contributed by atoms with van der Waals surface area (Å²) in [6, 6.07) is 22.3. The van der Waals surface area contributed by atoms with Crippen LogP contribution in [0, 0.1) is 11.8 Å². The molecule has 4 aromatic rings. The number of fused-ring (bicyclic) bond motifs is 1. The van der Waals surface area contributed by atoms with Gasteiger partial charge < -0.3 is 40.3 Å². The summed E-state index contributed by atoms with van der Waals surface area (Å²) >= 11 is 0. The van der Waals surface area contributed by atoms with Crippen molar-refractivity contribution in [2.45, 2.75) is 148 Å². The number of nitrogens with zero attached hydrogens (tertiary/aromatic N) is 1. The van der Waals surface area contributed by atoms with Gasteiger partial charge in [0.2, 0.25) is 11.5 Å². The molecule has 2 aliphatic rings. The Kier molecular flexibility index (Phi) is 16.5. The lowest BCUT2D eigenvalue weighted by molar-refractivity contribution is -0.126.